The van der Waals surface area contributed by atoms with E-state index >= 15 is 0 Å². The fourth-order valence-electron chi connectivity index (χ4n) is 3.83. The minimum absolute atomic E-state index is 0.00910. The zero-order chi connectivity index (χ0) is 35.4. The molecule has 204 valence electrons. The van der Waals surface area contributed by atoms with Crippen LogP contribution in [0.5, 0.6) is 5.75 Å². The Labute approximate surface area is 243 Å². The predicted octanol–water partition coefficient (Wildman–Crippen LogP) is 6.36. The number of benzene rings is 2. The van der Waals surface area contributed by atoms with Crippen LogP contribution in [-0.2, 0) is 9.84 Å². The summed E-state index contributed by atoms with van der Waals surface area (Å²) in [5.74, 6) is -0.960. The standard InChI is InChI=1S/C28H36ClN5O3S/c1-17(2)37-25-15-21(20-10-12-30-13-11-20)19(5)14-24(25)33-28-31-16-22(29)27(34-28)32-23-8-6-7-9-26(23)38(35,36)18(3)4/h6-9,14-18,20,30H,10-13H2,1-5H3,(H2,31,32,33,34)/i5D3,12D2,13D2,17D,18D. The molecule has 8 nitrogen and oxygen atoms in total. The summed E-state index contributed by atoms with van der Waals surface area (Å²) in [4.78, 5) is 8.39. The molecule has 2 heterocycles. The highest BCUT2D eigenvalue weighted by Gasteiger charge is 2.24. The van der Waals surface area contributed by atoms with E-state index in [0.29, 0.717) is 0 Å². The van der Waals surface area contributed by atoms with Crippen LogP contribution < -0.4 is 20.7 Å². The normalized spacial score (nSPS) is 21.7. The number of para-hydroxylation sites is 1. The van der Waals surface area contributed by atoms with Crippen molar-refractivity contribution in [3.63, 3.8) is 0 Å². The van der Waals surface area contributed by atoms with Crippen molar-refractivity contribution in [2.75, 3.05) is 23.6 Å². The van der Waals surface area contributed by atoms with Crippen LogP contribution in [0.25, 0.3) is 0 Å². The summed E-state index contributed by atoms with van der Waals surface area (Å²) >= 11 is 6.37. The first-order chi connectivity index (χ1) is 21.3. The fourth-order valence-corrected chi connectivity index (χ4v) is 5.07. The number of hydrogen-bond acceptors (Lipinski definition) is 8. The molecule has 3 aromatic rings. The third-order valence-electron chi connectivity index (χ3n) is 5.74. The fraction of sp³-hybridized carbons (Fsp3) is 0.429. The van der Waals surface area contributed by atoms with E-state index in [1.54, 1.807) is 6.07 Å². The van der Waals surface area contributed by atoms with Gasteiger partial charge in [-0.25, -0.2) is 13.4 Å². The first-order valence-electron chi connectivity index (χ1n) is 16.4. The van der Waals surface area contributed by atoms with Gasteiger partial charge in [-0.2, -0.15) is 4.98 Å². The van der Waals surface area contributed by atoms with E-state index < -0.39 is 46.9 Å². The first-order valence-corrected chi connectivity index (χ1v) is 13.7. The van der Waals surface area contributed by atoms with Crippen LogP contribution in [0, 0.1) is 6.85 Å². The molecule has 0 bridgehead atoms. The predicted molar refractivity (Wildman–Crippen MR) is 154 cm³/mol. The molecule has 1 aliphatic rings. The van der Waals surface area contributed by atoms with Crippen molar-refractivity contribution in [3.8, 4) is 5.75 Å². The zero-order valence-electron chi connectivity index (χ0n) is 30.4. The van der Waals surface area contributed by atoms with Gasteiger partial charge in [0.15, 0.2) is 15.7 Å². The Kier molecular flexibility index (Phi) is 5.76. The number of anilines is 4. The monoisotopic (exact) mass is 566 g/mol. The van der Waals surface area contributed by atoms with Crippen LogP contribution in [0.1, 0.15) is 69.9 Å². The highest BCUT2D eigenvalue weighted by atomic mass is 35.5. The molecular weight excluding hydrogens is 522 g/mol. The second-order valence-electron chi connectivity index (χ2n) is 9.08. The SMILES string of the molecule is [2H]C1([2H])CC(c2cc(OC([2H])(C)C)c(Nc3ncc(Cl)c(Nc4ccccc4S(=O)(=O)C([2H])(C)C)n3)cc2C([2H])([2H])[2H])CC([2H])([2H])N1. The van der Waals surface area contributed by atoms with E-state index in [2.05, 4.69) is 25.9 Å². The maximum atomic E-state index is 13.1. The van der Waals surface area contributed by atoms with E-state index in [9.17, 15) is 8.42 Å². The summed E-state index contributed by atoms with van der Waals surface area (Å²) in [6.07, 6.45) is -0.704. The first kappa shape index (κ1) is 18.4. The number of halogens is 1. The molecule has 1 saturated heterocycles. The van der Waals surface area contributed by atoms with Gasteiger partial charge in [-0.3, -0.25) is 0 Å². The van der Waals surface area contributed by atoms with E-state index in [0.717, 1.165) is 0 Å². The molecule has 4 rings (SSSR count). The molecule has 0 unspecified atom stereocenters. The molecule has 10 heteroatoms. The van der Waals surface area contributed by atoms with Gasteiger partial charge in [-0.1, -0.05) is 23.7 Å². The smallest absolute Gasteiger partial charge is 0.229 e. The zero-order valence-corrected chi connectivity index (χ0v) is 23.0. The van der Waals surface area contributed by atoms with Crippen molar-refractivity contribution >= 4 is 44.6 Å². The number of ether oxygens (including phenoxy) is 1. The molecular formula is C28H36ClN5O3S. The topological polar surface area (TPSA) is 105 Å². The average molecular weight is 567 g/mol. The van der Waals surface area contributed by atoms with Gasteiger partial charge in [-0.05, 0) is 102 Å². The number of nitrogens with zero attached hydrogens (tertiary/aromatic N) is 2. The van der Waals surface area contributed by atoms with Crippen LogP contribution in [0.2, 0.25) is 5.02 Å². The number of aryl methyl sites for hydroxylation is 1. The van der Waals surface area contributed by atoms with Gasteiger partial charge >= 0.3 is 0 Å². The van der Waals surface area contributed by atoms with Crippen molar-refractivity contribution < 1.29 is 25.5 Å². The summed E-state index contributed by atoms with van der Waals surface area (Å²) in [5, 5.41) is 6.27. The molecule has 0 aliphatic carbocycles. The number of nitrogens with one attached hydrogen (secondary N) is 3. The molecule has 2 aromatic carbocycles. The van der Waals surface area contributed by atoms with E-state index in [4.69, 9.17) is 28.7 Å². The van der Waals surface area contributed by atoms with Gasteiger partial charge in [0.1, 0.15) is 10.8 Å². The molecule has 1 aromatic heterocycles. The highest BCUT2D eigenvalue weighted by Crippen LogP contribution is 2.37. The second kappa shape index (κ2) is 11.9. The van der Waals surface area contributed by atoms with Gasteiger partial charge in [0.2, 0.25) is 5.95 Å². The lowest BCUT2D eigenvalue weighted by Gasteiger charge is -2.26. The molecule has 0 saturated carbocycles. The van der Waals surface area contributed by atoms with Gasteiger partial charge in [0, 0.05) is 11.0 Å². The number of piperidine rings is 1. The molecule has 1 aliphatic heterocycles. The molecule has 0 radical (unpaired) electrons. The van der Waals surface area contributed by atoms with Crippen molar-refractivity contribution in [2.24, 2.45) is 0 Å². The van der Waals surface area contributed by atoms with Crippen LogP contribution in [0.3, 0.4) is 0 Å². The largest absolute Gasteiger partial charge is 0.489 e. The lowest BCUT2D eigenvalue weighted by molar-refractivity contribution is 0.243. The van der Waals surface area contributed by atoms with Gasteiger partial charge < -0.3 is 20.7 Å². The minimum atomic E-state index is -4.11. The number of sulfone groups is 1. The Morgan fingerprint density at radius 3 is 2.58 bits per heavy atom. The summed E-state index contributed by atoms with van der Waals surface area (Å²) in [7, 11) is -4.11. The number of rotatable bonds is 9. The summed E-state index contributed by atoms with van der Waals surface area (Å²) in [6, 6.07) is 8.59. The van der Waals surface area contributed by atoms with E-state index in [1.807, 2.05) is 0 Å². The second-order valence-corrected chi connectivity index (χ2v) is 11.7. The minimum Gasteiger partial charge on any atom is -0.489 e. The Balaban J connectivity index is 1.80. The van der Waals surface area contributed by atoms with Gasteiger partial charge in [0.25, 0.3) is 0 Å². The summed E-state index contributed by atoms with van der Waals surface area (Å²) < 4.78 is 106. The number of aromatic nitrogens is 2. The van der Waals surface area contributed by atoms with Crippen LogP contribution >= 0.6 is 11.6 Å². The summed E-state index contributed by atoms with van der Waals surface area (Å²) in [5.41, 5.74) is 0.124. The van der Waals surface area contributed by atoms with Crippen LogP contribution in [0.15, 0.2) is 47.5 Å². The Bertz CT molecular complexity index is 1750. The highest BCUT2D eigenvalue weighted by molar-refractivity contribution is 7.92. The van der Waals surface area contributed by atoms with E-state index in [-0.39, 0.29) is 62.8 Å². The molecule has 3 N–H and O–H groups in total. The van der Waals surface area contributed by atoms with Crippen molar-refractivity contribution in [3.05, 3.63) is 58.7 Å². The molecule has 38 heavy (non-hydrogen) atoms. The summed E-state index contributed by atoms with van der Waals surface area (Å²) in [6.45, 7) is -1.53. The molecule has 0 amide bonds. The van der Waals surface area contributed by atoms with Crippen LogP contribution in [0.4, 0.5) is 23.1 Å². The molecule has 1 fully saturated rings. The van der Waals surface area contributed by atoms with Crippen molar-refractivity contribution in [2.45, 2.75) is 69.5 Å². The molecule has 0 spiro atoms. The van der Waals surface area contributed by atoms with Gasteiger partial charge in [-0.15, -0.1) is 0 Å². The van der Waals surface area contributed by atoms with Crippen molar-refractivity contribution in [1.82, 2.24) is 15.3 Å². The third kappa shape index (κ3) is 6.39. The van der Waals surface area contributed by atoms with Crippen molar-refractivity contribution in [1.29, 1.82) is 0 Å². The Morgan fingerprint density at radius 2 is 1.89 bits per heavy atom. The Hall–Kier alpha value is -2.88. The lowest BCUT2D eigenvalue weighted by atomic mass is 9.87. The average Bonchev–Trinajstić information content (AvgIpc) is 2.87. The number of hydrogen-bond donors (Lipinski definition) is 3. The van der Waals surface area contributed by atoms with Crippen LogP contribution in [-0.4, -0.2) is 42.7 Å². The third-order valence-corrected chi connectivity index (χ3v) is 8.02. The van der Waals surface area contributed by atoms with Gasteiger partial charge in [0.05, 0.1) is 35.1 Å². The Morgan fingerprint density at radius 1 is 1.16 bits per heavy atom. The maximum absolute atomic E-state index is 13.1. The lowest BCUT2D eigenvalue weighted by Crippen LogP contribution is -2.27. The molecule has 0 atom stereocenters. The maximum Gasteiger partial charge on any atom is 0.229 e. The quantitative estimate of drug-likeness (QED) is 0.275. The van der Waals surface area contributed by atoms with E-state index in [1.165, 1.54) is 64.2 Å².